The van der Waals surface area contributed by atoms with Gasteiger partial charge in [-0.1, -0.05) is 32.0 Å². The Kier molecular flexibility index (Phi) is 6.91. The van der Waals surface area contributed by atoms with Crippen molar-refractivity contribution in [1.29, 1.82) is 0 Å². The lowest BCUT2D eigenvalue weighted by molar-refractivity contribution is -0.123. The molecule has 0 aliphatic rings. The van der Waals surface area contributed by atoms with Crippen LogP contribution >= 0.6 is 15.9 Å². The summed E-state index contributed by atoms with van der Waals surface area (Å²) in [5.74, 6) is -1.48. The number of halogens is 2. The number of anilines is 1. The van der Waals surface area contributed by atoms with Crippen LogP contribution < -0.4 is 5.32 Å². The third-order valence-corrected chi connectivity index (χ3v) is 4.85. The second-order valence-electron chi connectivity index (χ2n) is 6.06. The SMILES string of the molecule is CCC(C)c1ccccc1NC(=O)C(C)OC(=O)c1cc(F)ccc1Br. The quantitative estimate of drug-likeness (QED) is 0.644. The summed E-state index contributed by atoms with van der Waals surface area (Å²) in [4.78, 5) is 24.6. The van der Waals surface area contributed by atoms with Crippen molar-refractivity contribution in [2.24, 2.45) is 0 Å². The van der Waals surface area contributed by atoms with Crippen LogP contribution in [-0.4, -0.2) is 18.0 Å². The number of carbonyl (C=O) groups excluding carboxylic acids is 2. The van der Waals surface area contributed by atoms with Crippen molar-refractivity contribution in [2.75, 3.05) is 5.32 Å². The summed E-state index contributed by atoms with van der Waals surface area (Å²) in [7, 11) is 0. The minimum absolute atomic E-state index is 0.0321. The van der Waals surface area contributed by atoms with Crippen LogP contribution in [0.15, 0.2) is 46.9 Å². The molecule has 0 radical (unpaired) electrons. The molecule has 2 atom stereocenters. The van der Waals surface area contributed by atoms with E-state index in [9.17, 15) is 14.0 Å². The first kappa shape index (κ1) is 20.1. The number of carbonyl (C=O) groups is 2. The molecule has 2 rings (SSSR count). The molecule has 1 N–H and O–H groups in total. The molecule has 138 valence electrons. The van der Waals surface area contributed by atoms with Gasteiger partial charge in [0.15, 0.2) is 6.10 Å². The number of ether oxygens (including phenoxy) is 1. The Morgan fingerprint density at radius 3 is 2.58 bits per heavy atom. The lowest BCUT2D eigenvalue weighted by atomic mass is 9.97. The molecule has 0 heterocycles. The largest absolute Gasteiger partial charge is 0.449 e. The van der Waals surface area contributed by atoms with Gasteiger partial charge < -0.3 is 10.1 Å². The molecule has 0 fully saturated rings. The van der Waals surface area contributed by atoms with Crippen molar-refractivity contribution in [3.8, 4) is 0 Å². The highest BCUT2D eigenvalue weighted by molar-refractivity contribution is 9.10. The zero-order valence-electron chi connectivity index (χ0n) is 14.9. The van der Waals surface area contributed by atoms with E-state index < -0.39 is 23.8 Å². The fraction of sp³-hybridized carbons (Fsp3) is 0.300. The maximum absolute atomic E-state index is 13.3. The summed E-state index contributed by atoms with van der Waals surface area (Å²) in [5.41, 5.74) is 1.75. The van der Waals surface area contributed by atoms with Crippen molar-refractivity contribution in [3.63, 3.8) is 0 Å². The Labute approximate surface area is 160 Å². The first-order valence-corrected chi connectivity index (χ1v) is 9.18. The lowest BCUT2D eigenvalue weighted by Gasteiger charge is -2.18. The number of nitrogens with one attached hydrogen (secondary N) is 1. The van der Waals surface area contributed by atoms with Gasteiger partial charge in [-0.25, -0.2) is 9.18 Å². The second kappa shape index (κ2) is 8.94. The van der Waals surface area contributed by atoms with Gasteiger partial charge >= 0.3 is 5.97 Å². The lowest BCUT2D eigenvalue weighted by Crippen LogP contribution is -2.30. The highest BCUT2D eigenvalue weighted by atomic mass is 79.9. The van der Waals surface area contributed by atoms with Crippen molar-refractivity contribution in [3.05, 3.63) is 63.9 Å². The molecule has 4 nitrogen and oxygen atoms in total. The zero-order valence-corrected chi connectivity index (χ0v) is 16.5. The molecule has 0 bridgehead atoms. The monoisotopic (exact) mass is 421 g/mol. The first-order valence-electron chi connectivity index (χ1n) is 8.39. The number of hydrogen-bond donors (Lipinski definition) is 1. The molecule has 0 saturated heterocycles. The topological polar surface area (TPSA) is 55.4 Å². The molecule has 0 aliphatic heterocycles. The molecule has 2 unspecified atom stereocenters. The summed E-state index contributed by atoms with van der Waals surface area (Å²) in [6.07, 6.45) is -0.0898. The first-order chi connectivity index (χ1) is 12.3. The van der Waals surface area contributed by atoms with Gasteiger partial charge in [0.2, 0.25) is 0 Å². The normalized spacial score (nSPS) is 13.0. The number of hydrogen-bond acceptors (Lipinski definition) is 3. The van der Waals surface area contributed by atoms with E-state index in [4.69, 9.17) is 4.74 Å². The Morgan fingerprint density at radius 2 is 1.88 bits per heavy atom. The van der Waals surface area contributed by atoms with Crippen LogP contribution in [0, 0.1) is 5.82 Å². The third kappa shape index (κ3) is 4.91. The Hall–Kier alpha value is -2.21. The Bertz CT molecular complexity index is 809. The van der Waals surface area contributed by atoms with Crippen LogP contribution in [0.25, 0.3) is 0 Å². The summed E-state index contributed by atoms with van der Waals surface area (Å²) >= 11 is 3.18. The van der Waals surface area contributed by atoms with Crippen LogP contribution in [0.1, 0.15) is 49.0 Å². The number of benzene rings is 2. The second-order valence-corrected chi connectivity index (χ2v) is 6.91. The van der Waals surface area contributed by atoms with Gasteiger partial charge in [0, 0.05) is 10.2 Å². The van der Waals surface area contributed by atoms with Crippen LogP contribution in [0.3, 0.4) is 0 Å². The maximum atomic E-state index is 13.3. The van der Waals surface area contributed by atoms with Crippen LogP contribution in [0.5, 0.6) is 0 Å². The van der Waals surface area contributed by atoms with E-state index in [1.54, 1.807) is 0 Å². The summed E-state index contributed by atoms with van der Waals surface area (Å²) in [5, 5.41) is 2.81. The van der Waals surface area contributed by atoms with Crippen LogP contribution in [-0.2, 0) is 9.53 Å². The van der Waals surface area contributed by atoms with E-state index in [-0.39, 0.29) is 11.5 Å². The predicted molar refractivity (Wildman–Crippen MR) is 103 cm³/mol. The molecule has 2 aromatic rings. The molecule has 1 amide bonds. The van der Waals surface area contributed by atoms with Gasteiger partial charge in [0.25, 0.3) is 5.91 Å². The molecular weight excluding hydrogens is 401 g/mol. The van der Waals surface area contributed by atoms with E-state index in [2.05, 4.69) is 35.1 Å². The Morgan fingerprint density at radius 1 is 1.19 bits per heavy atom. The molecule has 0 aromatic heterocycles. The van der Waals surface area contributed by atoms with E-state index in [1.165, 1.54) is 19.1 Å². The maximum Gasteiger partial charge on any atom is 0.340 e. The van der Waals surface area contributed by atoms with Gasteiger partial charge in [-0.3, -0.25) is 4.79 Å². The third-order valence-electron chi connectivity index (χ3n) is 4.16. The molecule has 0 spiro atoms. The van der Waals surface area contributed by atoms with Crippen molar-refractivity contribution in [2.45, 2.75) is 39.2 Å². The molecular formula is C20H21BrFNO3. The summed E-state index contributed by atoms with van der Waals surface area (Å²) in [6, 6.07) is 11.2. The minimum Gasteiger partial charge on any atom is -0.449 e. The fourth-order valence-corrected chi connectivity index (χ4v) is 2.83. The number of amides is 1. The number of rotatable bonds is 6. The predicted octanol–water partition coefficient (Wildman–Crippen LogP) is 5.29. The van der Waals surface area contributed by atoms with Crippen LogP contribution in [0.4, 0.5) is 10.1 Å². The zero-order chi connectivity index (χ0) is 19.3. The van der Waals surface area contributed by atoms with E-state index >= 15 is 0 Å². The van der Waals surface area contributed by atoms with Gasteiger partial charge in [0.1, 0.15) is 5.82 Å². The van der Waals surface area contributed by atoms with Crippen molar-refractivity contribution >= 4 is 33.5 Å². The fourth-order valence-electron chi connectivity index (χ4n) is 2.43. The van der Waals surface area contributed by atoms with Gasteiger partial charge in [-0.05, 0) is 65.0 Å². The van der Waals surface area contributed by atoms with Crippen molar-refractivity contribution in [1.82, 2.24) is 0 Å². The highest BCUT2D eigenvalue weighted by Gasteiger charge is 2.22. The molecule has 0 aliphatic carbocycles. The van der Waals surface area contributed by atoms with Gasteiger partial charge in [-0.2, -0.15) is 0 Å². The average Bonchev–Trinajstić information content (AvgIpc) is 2.63. The summed E-state index contributed by atoms with van der Waals surface area (Å²) < 4.78 is 18.9. The molecule has 0 saturated carbocycles. The average molecular weight is 422 g/mol. The van der Waals surface area contributed by atoms with Gasteiger partial charge in [-0.15, -0.1) is 0 Å². The molecule has 6 heteroatoms. The highest BCUT2D eigenvalue weighted by Crippen LogP contribution is 2.27. The van der Waals surface area contributed by atoms with E-state index in [1.807, 2.05) is 24.3 Å². The van der Waals surface area contributed by atoms with Crippen molar-refractivity contribution < 1.29 is 18.7 Å². The Balaban J connectivity index is 2.09. The summed E-state index contributed by atoms with van der Waals surface area (Å²) in [6.45, 7) is 5.63. The molecule has 26 heavy (non-hydrogen) atoms. The van der Waals surface area contributed by atoms with Gasteiger partial charge in [0.05, 0.1) is 5.56 Å². The number of esters is 1. The minimum atomic E-state index is -1.03. The van der Waals surface area contributed by atoms with E-state index in [0.717, 1.165) is 18.1 Å². The van der Waals surface area contributed by atoms with E-state index in [0.29, 0.717) is 10.2 Å². The number of para-hydroxylation sites is 1. The molecule has 2 aromatic carbocycles. The van der Waals surface area contributed by atoms with Crippen LogP contribution in [0.2, 0.25) is 0 Å². The standard InChI is InChI=1S/C20H21BrFNO3/c1-4-12(2)15-7-5-6-8-18(15)23-19(24)13(3)26-20(25)16-11-14(22)9-10-17(16)21/h5-13H,4H2,1-3H3,(H,23,24). The smallest absolute Gasteiger partial charge is 0.340 e.